The standard InChI is InChI=1S/C26H23O2P/c27-25-17-9-7-11-21(25)19-29(23-13-3-1-4-14-23,24-15-5-2-6-16-24)20-22-12-8-10-18-26(22)28/h1-18H,19-20H2,(H-,27,28)/p+1. The number of hydrogen-bond donors (Lipinski definition) is 2. The number of aromatic hydroxyl groups is 2. The average Bonchev–Trinajstić information content (AvgIpc) is 2.77. The number of rotatable bonds is 6. The Bertz CT molecular complexity index is 989. The Morgan fingerprint density at radius 1 is 0.448 bits per heavy atom. The van der Waals surface area contributed by atoms with Crippen LogP contribution < -0.4 is 10.6 Å². The van der Waals surface area contributed by atoms with Gasteiger partial charge in [-0.2, -0.15) is 0 Å². The third-order valence-corrected chi connectivity index (χ3v) is 9.70. The SMILES string of the molecule is Oc1ccccc1C[P+](Cc1ccccc1O)(c1ccccc1)c1ccccc1. The van der Waals surface area contributed by atoms with Crippen molar-refractivity contribution in [3.63, 3.8) is 0 Å². The van der Waals surface area contributed by atoms with Gasteiger partial charge in [0, 0.05) is 11.1 Å². The van der Waals surface area contributed by atoms with Crippen LogP contribution in [0.2, 0.25) is 0 Å². The Kier molecular flexibility index (Phi) is 5.64. The largest absolute Gasteiger partial charge is 0.508 e. The molecule has 0 radical (unpaired) electrons. The minimum absolute atomic E-state index is 0.320. The zero-order valence-corrected chi connectivity index (χ0v) is 17.0. The van der Waals surface area contributed by atoms with Crippen molar-refractivity contribution < 1.29 is 10.2 Å². The number of benzene rings is 4. The summed E-state index contributed by atoms with van der Waals surface area (Å²) in [6, 6.07) is 36.2. The molecule has 0 aliphatic rings. The predicted octanol–water partition coefficient (Wildman–Crippen LogP) is 5.47. The fourth-order valence-corrected chi connectivity index (χ4v) is 8.19. The average molecular weight is 399 g/mol. The van der Waals surface area contributed by atoms with E-state index in [0.717, 1.165) is 23.5 Å². The minimum atomic E-state index is -2.02. The molecule has 2 N–H and O–H groups in total. The number of hydrogen-bond acceptors (Lipinski definition) is 2. The maximum atomic E-state index is 10.6. The minimum Gasteiger partial charge on any atom is -0.508 e. The van der Waals surface area contributed by atoms with Crippen LogP contribution in [0.4, 0.5) is 0 Å². The van der Waals surface area contributed by atoms with Crippen molar-refractivity contribution in [2.45, 2.75) is 12.3 Å². The summed E-state index contributed by atoms with van der Waals surface area (Å²) >= 11 is 0. The normalized spacial score (nSPS) is 11.3. The molecule has 29 heavy (non-hydrogen) atoms. The van der Waals surface area contributed by atoms with Crippen LogP contribution in [0.1, 0.15) is 11.1 Å². The highest BCUT2D eigenvalue weighted by Crippen LogP contribution is 2.63. The lowest BCUT2D eigenvalue weighted by atomic mass is 10.2. The molecule has 0 saturated carbocycles. The van der Waals surface area contributed by atoms with Gasteiger partial charge in [-0.05, 0) is 36.4 Å². The van der Waals surface area contributed by atoms with Crippen LogP contribution in [-0.4, -0.2) is 10.2 Å². The maximum Gasteiger partial charge on any atom is 0.122 e. The van der Waals surface area contributed by atoms with Gasteiger partial charge in [-0.1, -0.05) is 72.8 Å². The Morgan fingerprint density at radius 3 is 1.17 bits per heavy atom. The van der Waals surface area contributed by atoms with Crippen LogP contribution in [-0.2, 0) is 12.3 Å². The Balaban J connectivity index is 1.94. The number of phenolic OH excluding ortho intramolecular Hbond substituents is 2. The smallest absolute Gasteiger partial charge is 0.122 e. The topological polar surface area (TPSA) is 40.5 Å². The quantitative estimate of drug-likeness (QED) is 0.422. The molecule has 144 valence electrons. The lowest BCUT2D eigenvalue weighted by Gasteiger charge is -2.28. The molecule has 0 saturated heterocycles. The van der Waals surface area contributed by atoms with Crippen molar-refractivity contribution in [3.05, 3.63) is 120 Å². The molecular formula is C26H24O2P+. The third kappa shape index (κ3) is 4.04. The van der Waals surface area contributed by atoms with E-state index in [1.807, 2.05) is 48.5 Å². The van der Waals surface area contributed by atoms with Crippen molar-refractivity contribution in [1.29, 1.82) is 0 Å². The van der Waals surface area contributed by atoms with E-state index < -0.39 is 7.26 Å². The van der Waals surface area contributed by atoms with Gasteiger partial charge in [-0.3, -0.25) is 0 Å². The van der Waals surface area contributed by atoms with Gasteiger partial charge in [0.2, 0.25) is 0 Å². The highest BCUT2D eigenvalue weighted by atomic mass is 31.2. The summed E-state index contributed by atoms with van der Waals surface area (Å²) in [6.07, 6.45) is 1.45. The van der Waals surface area contributed by atoms with Gasteiger partial charge in [-0.25, -0.2) is 0 Å². The molecule has 4 aromatic carbocycles. The summed E-state index contributed by atoms with van der Waals surface area (Å²) in [6.45, 7) is 0. The van der Waals surface area contributed by atoms with Gasteiger partial charge < -0.3 is 10.2 Å². The van der Waals surface area contributed by atoms with E-state index in [1.165, 1.54) is 10.6 Å². The molecular weight excluding hydrogens is 375 g/mol. The van der Waals surface area contributed by atoms with Gasteiger partial charge in [0.25, 0.3) is 0 Å². The lowest BCUT2D eigenvalue weighted by molar-refractivity contribution is 0.470. The summed E-state index contributed by atoms with van der Waals surface area (Å²) in [4.78, 5) is 0. The Labute approximate surface area is 172 Å². The van der Waals surface area contributed by atoms with Crippen LogP contribution in [0.15, 0.2) is 109 Å². The molecule has 0 atom stereocenters. The first-order valence-corrected chi connectivity index (χ1v) is 11.9. The van der Waals surface area contributed by atoms with Crippen molar-refractivity contribution >= 4 is 17.9 Å². The first-order chi connectivity index (χ1) is 14.2. The van der Waals surface area contributed by atoms with E-state index in [0.29, 0.717) is 11.5 Å². The Hall–Kier alpha value is -3.09. The molecule has 0 heterocycles. The van der Waals surface area contributed by atoms with Crippen LogP contribution in [0.5, 0.6) is 11.5 Å². The van der Waals surface area contributed by atoms with Crippen LogP contribution in [0.25, 0.3) is 0 Å². The maximum absolute atomic E-state index is 10.6. The highest BCUT2D eigenvalue weighted by molar-refractivity contribution is 7.88. The molecule has 0 unspecified atom stereocenters. The third-order valence-electron chi connectivity index (χ3n) is 5.36. The molecule has 0 bridgehead atoms. The predicted molar refractivity (Wildman–Crippen MR) is 123 cm³/mol. The van der Waals surface area contributed by atoms with E-state index in [4.69, 9.17) is 0 Å². The molecule has 4 aromatic rings. The summed E-state index contributed by atoms with van der Waals surface area (Å²) in [7, 11) is -2.02. The fraction of sp³-hybridized carbons (Fsp3) is 0.0769. The summed E-state index contributed by atoms with van der Waals surface area (Å²) in [5.41, 5.74) is 1.87. The lowest BCUT2D eigenvalue weighted by Crippen LogP contribution is -2.25. The van der Waals surface area contributed by atoms with Crippen LogP contribution in [0, 0.1) is 0 Å². The number of para-hydroxylation sites is 2. The van der Waals surface area contributed by atoms with Gasteiger partial charge in [0.1, 0.15) is 11.5 Å². The molecule has 3 heteroatoms. The molecule has 0 spiro atoms. The first kappa shape index (κ1) is 19.2. The molecule has 0 fully saturated rings. The van der Waals surface area contributed by atoms with Gasteiger partial charge >= 0.3 is 0 Å². The van der Waals surface area contributed by atoms with E-state index in [-0.39, 0.29) is 0 Å². The summed E-state index contributed by atoms with van der Waals surface area (Å²) in [5, 5.41) is 23.6. The summed E-state index contributed by atoms with van der Waals surface area (Å²) in [5.74, 6) is 0.641. The van der Waals surface area contributed by atoms with Crippen molar-refractivity contribution in [1.82, 2.24) is 0 Å². The molecule has 0 aromatic heterocycles. The van der Waals surface area contributed by atoms with Crippen LogP contribution >= 0.6 is 7.26 Å². The Morgan fingerprint density at radius 2 is 0.793 bits per heavy atom. The second-order valence-electron chi connectivity index (χ2n) is 7.21. The molecule has 4 rings (SSSR count). The molecule has 0 amide bonds. The van der Waals surface area contributed by atoms with Gasteiger partial charge in [-0.15, -0.1) is 0 Å². The summed E-state index contributed by atoms with van der Waals surface area (Å²) < 4.78 is 0. The first-order valence-electron chi connectivity index (χ1n) is 9.71. The molecule has 2 nitrogen and oxygen atoms in total. The fourth-order valence-electron chi connectivity index (χ4n) is 3.87. The van der Waals surface area contributed by atoms with Crippen molar-refractivity contribution in [2.75, 3.05) is 0 Å². The second kappa shape index (κ2) is 8.51. The van der Waals surface area contributed by atoms with E-state index >= 15 is 0 Å². The van der Waals surface area contributed by atoms with Gasteiger partial charge in [0.05, 0.1) is 30.2 Å². The number of phenols is 2. The second-order valence-corrected chi connectivity index (χ2v) is 10.8. The van der Waals surface area contributed by atoms with Crippen molar-refractivity contribution in [2.24, 2.45) is 0 Å². The van der Waals surface area contributed by atoms with E-state index in [1.54, 1.807) is 12.1 Å². The van der Waals surface area contributed by atoms with Crippen LogP contribution in [0.3, 0.4) is 0 Å². The van der Waals surface area contributed by atoms with E-state index in [2.05, 4.69) is 48.5 Å². The molecule has 0 aliphatic heterocycles. The zero-order valence-electron chi connectivity index (χ0n) is 16.1. The van der Waals surface area contributed by atoms with Gasteiger partial charge in [0.15, 0.2) is 0 Å². The zero-order chi connectivity index (χ0) is 20.1. The van der Waals surface area contributed by atoms with E-state index in [9.17, 15) is 10.2 Å². The monoisotopic (exact) mass is 399 g/mol. The van der Waals surface area contributed by atoms with Crippen molar-refractivity contribution in [3.8, 4) is 11.5 Å². The highest BCUT2D eigenvalue weighted by Gasteiger charge is 2.44. The molecule has 0 aliphatic carbocycles.